The van der Waals surface area contributed by atoms with Gasteiger partial charge in [-0.25, -0.2) is 8.42 Å². The van der Waals surface area contributed by atoms with Crippen LogP contribution in [0.3, 0.4) is 0 Å². The standard InChI is InChI=1S/C22H32ClN3O3S/c1-2-24-14-11-20(12-15-24)26(19-7-8-19)22(27)17-4-3-13-25(16-17)30(28,29)21-9-5-18(23)6-10-21/h5-6,9-10,17,19-20H,2-4,7-8,11-16H2,1H3. The summed E-state index contributed by atoms with van der Waals surface area (Å²) >= 11 is 5.91. The molecule has 0 bridgehead atoms. The average Bonchev–Trinajstić information content (AvgIpc) is 3.60. The third-order valence-corrected chi connectivity index (χ3v) is 8.91. The lowest BCUT2D eigenvalue weighted by atomic mass is 9.95. The molecular formula is C22H32ClN3O3S. The molecule has 2 aliphatic heterocycles. The van der Waals surface area contributed by atoms with Crippen LogP contribution < -0.4 is 0 Å². The molecule has 4 rings (SSSR count). The summed E-state index contributed by atoms with van der Waals surface area (Å²) in [5, 5.41) is 0.509. The van der Waals surface area contributed by atoms with Gasteiger partial charge in [0.05, 0.1) is 10.8 Å². The maximum absolute atomic E-state index is 13.6. The Bertz CT molecular complexity index is 849. The highest BCUT2D eigenvalue weighted by Gasteiger charge is 2.42. The summed E-state index contributed by atoms with van der Waals surface area (Å²) in [7, 11) is -3.61. The van der Waals surface area contributed by atoms with Crippen molar-refractivity contribution in [3.05, 3.63) is 29.3 Å². The normalized spacial score (nSPS) is 24.7. The van der Waals surface area contributed by atoms with E-state index in [1.165, 1.54) is 4.31 Å². The van der Waals surface area contributed by atoms with Crippen LogP contribution in [-0.4, -0.2) is 73.2 Å². The van der Waals surface area contributed by atoms with E-state index in [1.54, 1.807) is 24.3 Å². The van der Waals surface area contributed by atoms with Gasteiger partial charge in [-0.1, -0.05) is 18.5 Å². The van der Waals surface area contributed by atoms with Crippen molar-refractivity contribution in [2.24, 2.45) is 5.92 Å². The van der Waals surface area contributed by atoms with Crippen molar-refractivity contribution in [2.75, 3.05) is 32.7 Å². The van der Waals surface area contributed by atoms with E-state index >= 15 is 0 Å². The largest absolute Gasteiger partial charge is 0.336 e. The summed E-state index contributed by atoms with van der Waals surface area (Å²) in [5.74, 6) is -0.0749. The molecule has 1 unspecified atom stereocenters. The minimum absolute atomic E-state index is 0.170. The number of likely N-dealkylation sites (tertiary alicyclic amines) is 1. The van der Waals surface area contributed by atoms with Crippen molar-refractivity contribution in [3.8, 4) is 0 Å². The molecule has 1 aromatic rings. The van der Waals surface area contributed by atoms with Gasteiger partial charge in [0.2, 0.25) is 15.9 Å². The summed E-state index contributed by atoms with van der Waals surface area (Å²) in [6.07, 6.45) is 5.70. The van der Waals surface area contributed by atoms with Gasteiger partial charge in [0.25, 0.3) is 0 Å². The molecule has 0 N–H and O–H groups in total. The van der Waals surface area contributed by atoms with Crippen molar-refractivity contribution < 1.29 is 13.2 Å². The van der Waals surface area contributed by atoms with Gasteiger partial charge < -0.3 is 9.80 Å². The van der Waals surface area contributed by atoms with Crippen LogP contribution in [0.15, 0.2) is 29.2 Å². The van der Waals surface area contributed by atoms with Gasteiger partial charge in [0, 0.05) is 43.3 Å². The van der Waals surface area contributed by atoms with Gasteiger partial charge in [0.15, 0.2) is 0 Å². The fourth-order valence-electron chi connectivity index (χ4n) is 4.85. The quantitative estimate of drug-likeness (QED) is 0.663. The zero-order valence-electron chi connectivity index (χ0n) is 17.7. The van der Waals surface area contributed by atoms with Gasteiger partial charge in [-0.05, 0) is 69.3 Å². The van der Waals surface area contributed by atoms with Crippen molar-refractivity contribution in [3.63, 3.8) is 0 Å². The summed E-state index contributed by atoms with van der Waals surface area (Å²) in [6, 6.07) is 6.94. The number of amides is 1. The molecule has 1 atom stereocenters. The van der Waals surface area contributed by atoms with Crippen molar-refractivity contribution >= 4 is 27.5 Å². The molecule has 0 spiro atoms. The van der Waals surface area contributed by atoms with Crippen LogP contribution in [0.4, 0.5) is 0 Å². The van der Waals surface area contributed by atoms with E-state index in [2.05, 4.69) is 16.7 Å². The predicted molar refractivity (Wildman–Crippen MR) is 118 cm³/mol. The third-order valence-electron chi connectivity index (χ3n) is 6.78. The first-order chi connectivity index (χ1) is 14.4. The lowest BCUT2D eigenvalue weighted by Crippen LogP contribution is -2.53. The van der Waals surface area contributed by atoms with Gasteiger partial charge in [-0.2, -0.15) is 4.31 Å². The molecular weight excluding hydrogens is 422 g/mol. The van der Waals surface area contributed by atoms with Crippen LogP contribution in [0.25, 0.3) is 0 Å². The second-order valence-electron chi connectivity index (χ2n) is 8.80. The SMILES string of the molecule is CCN1CCC(N(C(=O)C2CCCN(S(=O)(=O)c3ccc(Cl)cc3)C2)C2CC2)CC1. The molecule has 0 aromatic heterocycles. The maximum atomic E-state index is 13.6. The van der Waals surface area contributed by atoms with Gasteiger partial charge in [-0.3, -0.25) is 4.79 Å². The number of hydrogen-bond acceptors (Lipinski definition) is 4. The molecule has 2 heterocycles. The summed E-state index contributed by atoms with van der Waals surface area (Å²) in [6.45, 7) is 6.07. The monoisotopic (exact) mass is 453 g/mol. The molecule has 1 aromatic carbocycles. The number of carbonyl (C=O) groups is 1. The Labute approximate surface area is 185 Å². The van der Waals surface area contributed by atoms with E-state index in [4.69, 9.17) is 11.6 Å². The Kier molecular flexibility index (Phi) is 6.73. The molecule has 30 heavy (non-hydrogen) atoms. The van der Waals surface area contributed by atoms with Gasteiger partial charge in [-0.15, -0.1) is 0 Å². The molecule has 166 valence electrons. The fourth-order valence-corrected chi connectivity index (χ4v) is 6.50. The van der Waals surface area contributed by atoms with E-state index < -0.39 is 10.0 Å². The van der Waals surface area contributed by atoms with Crippen LogP contribution >= 0.6 is 11.6 Å². The Morgan fingerprint density at radius 1 is 1.03 bits per heavy atom. The first-order valence-electron chi connectivity index (χ1n) is 11.2. The zero-order chi connectivity index (χ0) is 21.3. The average molecular weight is 454 g/mol. The number of nitrogens with zero attached hydrogens (tertiary/aromatic N) is 3. The molecule has 1 saturated carbocycles. The Balaban J connectivity index is 1.46. The van der Waals surface area contributed by atoms with Crippen LogP contribution in [0.2, 0.25) is 5.02 Å². The van der Waals surface area contributed by atoms with Crippen LogP contribution in [0.5, 0.6) is 0 Å². The Morgan fingerprint density at radius 2 is 1.67 bits per heavy atom. The third kappa shape index (κ3) is 4.69. The minimum Gasteiger partial charge on any atom is -0.336 e. The smallest absolute Gasteiger partial charge is 0.243 e. The van der Waals surface area contributed by atoms with Gasteiger partial charge in [0.1, 0.15) is 0 Å². The zero-order valence-corrected chi connectivity index (χ0v) is 19.2. The molecule has 2 saturated heterocycles. The second-order valence-corrected chi connectivity index (χ2v) is 11.2. The van der Waals surface area contributed by atoms with E-state index in [9.17, 15) is 13.2 Å². The number of rotatable bonds is 6. The molecule has 6 nitrogen and oxygen atoms in total. The molecule has 8 heteroatoms. The topological polar surface area (TPSA) is 60.9 Å². The molecule has 1 amide bonds. The highest BCUT2D eigenvalue weighted by Crippen LogP contribution is 2.35. The molecule has 1 aliphatic carbocycles. The van der Waals surface area contributed by atoms with E-state index in [-0.39, 0.29) is 23.3 Å². The molecule has 3 aliphatic rings. The Hall–Kier alpha value is -1.15. The summed E-state index contributed by atoms with van der Waals surface area (Å²) in [4.78, 5) is 18.4. The molecule has 3 fully saturated rings. The van der Waals surface area contributed by atoms with E-state index in [0.717, 1.165) is 58.2 Å². The molecule has 0 radical (unpaired) electrons. The summed E-state index contributed by atoms with van der Waals surface area (Å²) < 4.78 is 27.7. The van der Waals surface area contributed by atoms with Crippen LogP contribution in [-0.2, 0) is 14.8 Å². The number of halogens is 1. The van der Waals surface area contributed by atoms with Crippen LogP contribution in [0, 0.1) is 5.92 Å². The van der Waals surface area contributed by atoms with Gasteiger partial charge >= 0.3 is 0 Å². The highest BCUT2D eigenvalue weighted by atomic mass is 35.5. The van der Waals surface area contributed by atoms with Crippen molar-refractivity contribution in [2.45, 2.75) is 62.4 Å². The first-order valence-corrected chi connectivity index (χ1v) is 13.0. The van der Waals surface area contributed by atoms with Crippen molar-refractivity contribution in [1.29, 1.82) is 0 Å². The number of hydrogen-bond donors (Lipinski definition) is 0. The number of piperidine rings is 2. The van der Waals surface area contributed by atoms with Crippen LogP contribution in [0.1, 0.15) is 45.4 Å². The number of benzene rings is 1. The predicted octanol–water partition coefficient (Wildman–Crippen LogP) is 3.22. The fraction of sp³-hybridized carbons (Fsp3) is 0.682. The summed E-state index contributed by atoms with van der Waals surface area (Å²) in [5.41, 5.74) is 0. The minimum atomic E-state index is -3.61. The second kappa shape index (κ2) is 9.15. The van der Waals surface area contributed by atoms with E-state index in [0.29, 0.717) is 23.7 Å². The maximum Gasteiger partial charge on any atom is 0.243 e. The Morgan fingerprint density at radius 3 is 2.27 bits per heavy atom. The van der Waals surface area contributed by atoms with Crippen molar-refractivity contribution in [1.82, 2.24) is 14.1 Å². The lowest BCUT2D eigenvalue weighted by Gasteiger charge is -2.41. The van der Waals surface area contributed by atoms with E-state index in [1.807, 2.05) is 0 Å². The number of carbonyl (C=O) groups excluding carboxylic acids is 1. The lowest BCUT2D eigenvalue weighted by molar-refractivity contribution is -0.140. The number of sulfonamides is 1. The highest BCUT2D eigenvalue weighted by molar-refractivity contribution is 7.89. The first kappa shape index (κ1) is 22.1.